The minimum atomic E-state index is -0.347. The maximum atomic E-state index is 13.8. The van der Waals surface area contributed by atoms with E-state index in [1.54, 1.807) is 23.5 Å². The van der Waals surface area contributed by atoms with Crippen molar-refractivity contribution in [2.75, 3.05) is 50.3 Å². The van der Waals surface area contributed by atoms with Gasteiger partial charge in [0.05, 0.1) is 0 Å². The van der Waals surface area contributed by atoms with Crippen LogP contribution >= 0.6 is 23.3 Å². The van der Waals surface area contributed by atoms with Gasteiger partial charge in [-0.05, 0) is 68.7 Å². The van der Waals surface area contributed by atoms with E-state index < -0.39 is 0 Å². The summed E-state index contributed by atoms with van der Waals surface area (Å²) in [5, 5.41) is 3.80. The number of urea groups is 1. The van der Waals surface area contributed by atoms with Crippen LogP contribution in [0.25, 0.3) is 0 Å². The molecule has 41 heavy (non-hydrogen) atoms. The van der Waals surface area contributed by atoms with Crippen LogP contribution in [0.4, 0.5) is 14.3 Å². The maximum absolute atomic E-state index is 13.8. The molecule has 224 valence electrons. The fourth-order valence-electron chi connectivity index (χ4n) is 6.29. The van der Waals surface area contributed by atoms with Gasteiger partial charge < -0.3 is 9.80 Å². The fraction of sp³-hybridized carbons (Fsp3) is 0.633. The van der Waals surface area contributed by atoms with Crippen molar-refractivity contribution in [1.82, 2.24) is 24.0 Å². The van der Waals surface area contributed by atoms with Crippen molar-refractivity contribution < 1.29 is 14.0 Å². The molecule has 3 fully saturated rings. The number of halogens is 1. The monoisotopic (exact) mass is 602 g/mol. The molecule has 1 aliphatic carbocycles. The highest BCUT2D eigenvalue weighted by Gasteiger charge is 2.36. The minimum Gasteiger partial charge on any atom is -0.338 e. The van der Waals surface area contributed by atoms with Crippen LogP contribution in [0.1, 0.15) is 67.6 Å². The number of carbonyl (C=O) groups is 2. The normalized spacial score (nSPS) is 23.0. The lowest BCUT2D eigenvalue weighted by Gasteiger charge is -2.44. The predicted molar refractivity (Wildman–Crippen MR) is 165 cm³/mol. The van der Waals surface area contributed by atoms with Gasteiger partial charge in [-0.25, -0.2) is 18.5 Å². The molecule has 5 rings (SSSR count). The van der Waals surface area contributed by atoms with Gasteiger partial charge in [0.2, 0.25) is 0 Å². The molecule has 11 heteroatoms. The summed E-state index contributed by atoms with van der Waals surface area (Å²) in [5.74, 6) is 1.38. The van der Waals surface area contributed by atoms with Crippen molar-refractivity contribution in [2.24, 2.45) is 5.92 Å². The zero-order valence-corrected chi connectivity index (χ0v) is 25.9. The van der Waals surface area contributed by atoms with Crippen LogP contribution in [-0.4, -0.2) is 93.0 Å². The Morgan fingerprint density at radius 2 is 1.66 bits per heavy atom. The lowest BCUT2D eigenvalue weighted by molar-refractivity contribution is 0.0580. The highest BCUT2D eigenvalue weighted by Crippen LogP contribution is 2.32. The van der Waals surface area contributed by atoms with Crippen LogP contribution in [-0.2, 0) is 6.54 Å². The summed E-state index contributed by atoms with van der Waals surface area (Å²) in [6, 6.07) is 5.94. The van der Waals surface area contributed by atoms with Crippen LogP contribution < -0.4 is 5.32 Å². The summed E-state index contributed by atoms with van der Waals surface area (Å²) < 4.78 is 15.8. The number of piperazine rings is 1. The van der Waals surface area contributed by atoms with E-state index in [9.17, 15) is 14.0 Å². The topological polar surface area (TPSA) is 72.0 Å². The van der Waals surface area contributed by atoms with Gasteiger partial charge in [-0.2, -0.15) is 0 Å². The number of anilines is 1. The number of hydrogen-bond acceptors (Lipinski definition) is 7. The lowest BCUT2D eigenvalue weighted by Crippen LogP contribution is -2.54. The number of aromatic nitrogens is 1. The van der Waals surface area contributed by atoms with Crippen molar-refractivity contribution in [3.63, 3.8) is 0 Å². The van der Waals surface area contributed by atoms with Crippen LogP contribution in [0.2, 0.25) is 0 Å². The van der Waals surface area contributed by atoms with Crippen LogP contribution in [0.5, 0.6) is 0 Å². The van der Waals surface area contributed by atoms with Gasteiger partial charge in [-0.15, -0.1) is 11.3 Å². The van der Waals surface area contributed by atoms with Gasteiger partial charge in [-0.3, -0.25) is 15.0 Å². The Morgan fingerprint density at radius 3 is 2.32 bits per heavy atom. The highest BCUT2D eigenvalue weighted by molar-refractivity contribution is 7.96. The Bertz CT molecular complexity index is 1140. The molecule has 1 N–H and O–H groups in total. The first-order valence-corrected chi connectivity index (χ1v) is 16.8. The van der Waals surface area contributed by atoms with Crippen molar-refractivity contribution in [1.29, 1.82) is 0 Å². The average molecular weight is 603 g/mol. The van der Waals surface area contributed by atoms with Crippen LogP contribution in [0.3, 0.4) is 0 Å². The van der Waals surface area contributed by atoms with Crippen molar-refractivity contribution in [2.45, 2.75) is 71.0 Å². The van der Waals surface area contributed by atoms with Crippen LogP contribution in [0, 0.1) is 11.7 Å². The van der Waals surface area contributed by atoms with E-state index in [1.807, 2.05) is 23.0 Å². The van der Waals surface area contributed by atoms with Crippen molar-refractivity contribution >= 4 is 40.4 Å². The largest absolute Gasteiger partial charge is 0.338 e. The number of piperidine rings is 1. The molecule has 2 saturated heterocycles. The summed E-state index contributed by atoms with van der Waals surface area (Å²) >= 11 is 3.48. The predicted octanol–water partition coefficient (Wildman–Crippen LogP) is 5.79. The molecular weight excluding hydrogens is 560 g/mol. The smallest absolute Gasteiger partial charge is 0.324 e. The summed E-state index contributed by atoms with van der Waals surface area (Å²) in [6.45, 7) is 10.8. The molecule has 1 saturated carbocycles. The second-order valence-electron chi connectivity index (χ2n) is 11.5. The van der Waals surface area contributed by atoms with Gasteiger partial charge in [0.25, 0.3) is 5.91 Å². The van der Waals surface area contributed by atoms with E-state index in [1.165, 1.54) is 17.0 Å². The number of benzene rings is 1. The highest BCUT2D eigenvalue weighted by atomic mass is 32.2. The van der Waals surface area contributed by atoms with E-state index in [0.29, 0.717) is 29.7 Å². The van der Waals surface area contributed by atoms with E-state index in [2.05, 4.69) is 38.3 Å². The first-order chi connectivity index (χ1) is 19.9. The fourth-order valence-corrected chi connectivity index (χ4v) is 7.92. The Balaban J connectivity index is 1.19. The van der Waals surface area contributed by atoms with Crippen molar-refractivity contribution in [3.05, 3.63) is 46.7 Å². The van der Waals surface area contributed by atoms with Gasteiger partial charge in [0.15, 0.2) is 5.13 Å². The molecule has 0 bridgehead atoms. The van der Waals surface area contributed by atoms with E-state index in [-0.39, 0.29) is 29.8 Å². The number of thiazole rings is 1. The molecule has 0 atom stereocenters. The van der Waals surface area contributed by atoms with E-state index in [4.69, 9.17) is 0 Å². The number of amides is 3. The molecule has 0 unspecified atom stereocenters. The molecular formula is C30H43FN6O2S2. The maximum Gasteiger partial charge on any atom is 0.324 e. The van der Waals surface area contributed by atoms with Crippen LogP contribution in [0.15, 0.2) is 30.5 Å². The molecule has 3 heterocycles. The number of nitrogens with zero attached hydrogens (tertiary/aromatic N) is 5. The summed E-state index contributed by atoms with van der Waals surface area (Å²) in [5.41, 5.74) is 0.502. The first-order valence-electron chi connectivity index (χ1n) is 15.1. The number of rotatable bonds is 8. The standard InChI is InChI=1S/C30H43FN6O2S2/c1-3-40-36-18-16-34(17-19-36)21-27-20-32-29(41-27)33-30(39)37(25-10-4-22(2)5-11-25)26-12-14-35(15-13-26)28(38)23-6-8-24(31)9-7-23/h6-9,20,22,25-26H,3-5,10-19,21H2,1-2H3,(H,32,33,39). The zero-order chi connectivity index (χ0) is 28.8. The number of nitrogens with one attached hydrogen (secondary N) is 1. The minimum absolute atomic E-state index is 0.0704. The third-order valence-corrected chi connectivity index (χ3v) is 10.5. The SMILES string of the molecule is CCSN1CCN(Cc2cnc(NC(=O)N(C3CCC(C)CC3)C3CCN(C(=O)c4ccc(F)cc4)CC3)s2)CC1. The van der Waals surface area contributed by atoms with Gasteiger partial charge >= 0.3 is 6.03 Å². The average Bonchev–Trinajstić information content (AvgIpc) is 3.42. The zero-order valence-electron chi connectivity index (χ0n) is 24.3. The Morgan fingerprint density at radius 1 is 1.00 bits per heavy atom. The van der Waals surface area contributed by atoms with Gasteiger partial charge in [-0.1, -0.05) is 25.8 Å². The second-order valence-corrected chi connectivity index (χ2v) is 14.0. The molecule has 1 aromatic heterocycles. The Hall–Kier alpha value is -2.21. The Kier molecular flexibility index (Phi) is 10.6. The molecule has 0 radical (unpaired) electrons. The molecule has 8 nitrogen and oxygen atoms in total. The summed E-state index contributed by atoms with van der Waals surface area (Å²) in [6.07, 6.45) is 7.64. The quantitative estimate of drug-likeness (QED) is 0.386. The number of carbonyl (C=O) groups excluding carboxylic acids is 2. The molecule has 3 aliphatic rings. The third-order valence-electron chi connectivity index (χ3n) is 8.64. The molecule has 0 spiro atoms. The molecule has 1 aromatic carbocycles. The number of likely N-dealkylation sites (tertiary alicyclic amines) is 1. The first kappa shape index (κ1) is 30.3. The Labute approximate surface area is 251 Å². The lowest BCUT2D eigenvalue weighted by atomic mass is 9.85. The van der Waals surface area contributed by atoms with Gasteiger partial charge in [0.1, 0.15) is 5.82 Å². The summed E-state index contributed by atoms with van der Waals surface area (Å²) in [7, 11) is 0. The van der Waals surface area contributed by atoms with Gasteiger partial charge in [0, 0.05) is 80.3 Å². The molecule has 3 amide bonds. The van der Waals surface area contributed by atoms with E-state index in [0.717, 1.165) is 77.0 Å². The summed E-state index contributed by atoms with van der Waals surface area (Å²) in [4.78, 5) is 38.9. The molecule has 2 aromatic rings. The van der Waals surface area contributed by atoms with E-state index >= 15 is 0 Å². The second kappa shape index (κ2) is 14.3. The third kappa shape index (κ3) is 8.00. The number of hydrogen-bond donors (Lipinski definition) is 1. The molecule has 2 aliphatic heterocycles. The van der Waals surface area contributed by atoms with Crippen molar-refractivity contribution in [3.8, 4) is 0 Å².